The van der Waals surface area contributed by atoms with Crippen molar-refractivity contribution >= 4 is 5.91 Å². The zero-order valence-corrected chi connectivity index (χ0v) is 20.2. The fraction of sp³-hybridized carbons (Fsp3) is 0.143. The number of ether oxygens (including phenoxy) is 1. The molecule has 8 heteroatoms. The normalized spacial score (nSPS) is 11.8. The number of benzene rings is 3. The number of hydrogen-bond acceptors (Lipinski definition) is 6. The van der Waals surface area contributed by atoms with Crippen molar-refractivity contribution in [2.24, 2.45) is 7.05 Å². The van der Waals surface area contributed by atoms with Crippen LogP contribution in [0.25, 0.3) is 22.9 Å². The molecule has 0 aliphatic heterocycles. The summed E-state index contributed by atoms with van der Waals surface area (Å²) in [4.78, 5) is 17.7. The molecule has 2 heterocycles. The van der Waals surface area contributed by atoms with Gasteiger partial charge in [-0.3, -0.25) is 4.79 Å². The van der Waals surface area contributed by atoms with Crippen molar-refractivity contribution in [1.29, 1.82) is 0 Å². The third-order valence-electron chi connectivity index (χ3n) is 5.94. The van der Waals surface area contributed by atoms with Crippen molar-refractivity contribution < 1.29 is 13.9 Å². The average Bonchev–Trinajstić information content (AvgIpc) is 3.57. The van der Waals surface area contributed by atoms with Gasteiger partial charge in [0.15, 0.2) is 0 Å². The highest BCUT2D eigenvalue weighted by Gasteiger charge is 2.22. The standard InChI is InChI=1S/C28H25N5O3/c1-18-7-9-20(10-8-18)27-31-32-28(36-27)21-13-11-19(12-14-21)26(34)30-24(25-29-15-16-33(25)2)22-5-4-6-23(17-22)35-3/h4-17,24H,1-3H3,(H,30,34). The molecule has 3 aromatic carbocycles. The number of amides is 1. The molecule has 2 aromatic heterocycles. The van der Waals surface area contributed by atoms with E-state index < -0.39 is 6.04 Å². The van der Waals surface area contributed by atoms with Gasteiger partial charge >= 0.3 is 0 Å². The monoisotopic (exact) mass is 479 g/mol. The molecule has 0 saturated carbocycles. The highest BCUT2D eigenvalue weighted by molar-refractivity contribution is 5.95. The molecule has 1 N–H and O–H groups in total. The van der Waals surface area contributed by atoms with Crippen LogP contribution in [-0.2, 0) is 7.05 Å². The van der Waals surface area contributed by atoms with Crippen LogP contribution in [0.1, 0.15) is 33.4 Å². The lowest BCUT2D eigenvalue weighted by molar-refractivity contribution is 0.0941. The highest BCUT2D eigenvalue weighted by atomic mass is 16.5. The Bertz CT molecular complexity index is 1490. The number of carbonyl (C=O) groups excluding carboxylic acids is 1. The first-order chi connectivity index (χ1) is 17.5. The van der Waals surface area contributed by atoms with Crippen molar-refractivity contribution in [3.05, 3.63) is 108 Å². The quantitative estimate of drug-likeness (QED) is 0.354. The van der Waals surface area contributed by atoms with Gasteiger partial charge in [-0.1, -0.05) is 29.8 Å². The van der Waals surface area contributed by atoms with Crippen LogP contribution in [0.15, 0.2) is 89.6 Å². The van der Waals surface area contributed by atoms with E-state index in [0.29, 0.717) is 28.9 Å². The van der Waals surface area contributed by atoms with Gasteiger partial charge in [0.1, 0.15) is 17.6 Å². The van der Waals surface area contributed by atoms with Gasteiger partial charge in [-0.15, -0.1) is 10.2 Å². The third-order valence-corrected chi connectivity index (χ3v) is 5.94. The maximum absolute atomic E-state index is 13.2. The second kappa shape index (κ2) is 9.87. The first kappa shape index (κ1) is 23.0. The van der Waals surface area contributed by atoms with Crippen LogP contribution in [0, 0.1) is 6.92 Å². The topological polar surface area (TPSA) is 95.1 Å². The molecule has 5 rings (SSSR count). The predicted molar refractivity (Wildman–Crippen MR) is 135 cm³/mol. The molecule has 180 valence electrons. The number of methoxy groups -OCH3 is 1. The molecule has 36 heavy (non-hydrogen) atoms. The second-order valence-corrected chi connectivity index (χ2v) is 8.44. The summed E-state index contributed by atoms with van der Waals surface area (Å²) in [6, 6.07) is 22.1. The van der Waals surface area contributed by atoms with Gasteiger partial charge in [0.25, 0.3) is 5.91 Å². The van der Waals surface area contributed by atoms with E-state index in [-0.39, 0.29) is 5.91 Å². The van der Waals surface area contributed by atoms with Crippen LogP contribution < -0.4 is 10.1 Å². The molecule has 1 unspecified atom stereocenters. The minimum atomic E-state index is -0.458. The highest BCUT2D eigenvalue weighted by Crippen LogP contribution is 2.26. The zero-order valence-electron chi connectivity index (χ0n) is 20.2. The van der Waals surface area contributed by atoms with Gasteiger partial charge in [0, 0.05) is 36.1 Å². The fourth-order valence-corrected chi connectivity index (χ4v) is 3.90. The Labute approximate surface area is 208 Å². The van der Waals surface area contributed by atoms with Crippen molar-refractivity contribution in [2.75, 3.05) is 7.11 Å². The maximum atomic E-state index is 13.2. The molecule has 0 bridgehead atoms. The molecule has 8 nitrogen and oxygen atoms in total. The van der Waals surface area contributed by atoms with E-state index in [4.69, 9.17) is 9.15 Å². The molecule has 0 radical (unpaired) electrons. The first-order valence-corrected chi connectivity index (χ1v) is 11.4. The Hall–Kier alpha value is -4.72. The molecule has 0 spiro atoms. The smallest absolute Gasteiger partial charge is 0.252 e. The average molecular weight is 480 g/mol. The molecular weight excluding hydrogens is 454 g/mol. The summed E-state index contributed by atoms with van der Waals surface area (Å²) >= 11 is 0. The summed E-state index contributed by atoms with van der Waals surface area (Å²) in [5.41, 5.74) is 4.10. The minimum Gasteiger partial charge on any atom is -0.497 e. The Morgan fingerprint density at radius 3 is 2.25 bits per heavy atom. The number of nitrogens with zero attached hydrogens (tertiary/aromatic N) is 4. The van der Waals surface area contributed by atoms with Crippen LogP contribution in [-0.4, -0.2) is 32.8 Å². The van der Waals surface area contributed by atoms with E-state index in [1.165, 1.54) is 0 Å². The van der Waals surface area contributed by atoms with E-state index in [2.05, 4.69) is 20.5 Å². The molecule has 5 aromatic rings. The van der Waals surface area contributed by atoms with E-state index in [1.54, 1.807) is 37.6 Å². The minimum absolute atomic E-state index is 0.233. The fourth-order valence-electron chi connectivity index (χ4n) is 3.90. The third kappa shape index (κ3) is 4.74. The van der Waals surface area contributed by atoms with Crippen molar-refractivity contribution in [2.45, 2.75) is 13.0 Å². The van der Waals surface area contributed by atoms with E-state index in [0.717, 1.165) is 22.3 Å². The number of aryl methyl sites for hydroxylation is 2. The molecule has 0 aliphatic rings. The van der Waals surface area contributed by atoms with Gasteiger partial charge in [-0.2, -0.15) is 0 Å². The number of nitrogens with one attached hydrogen (secondary N) is 1. The lowest BCUT2D eigenvalue weighted by atomic mass is 10.0. The molecule has 1 amide bonds. The maximum Gasteiger partial charge on any atom is 0.252 e. The Balaban J connectivity index is 1.37. The zero-order chi connectivity index (χ0) is 25.1. The summed E-state index contributed by atoms with van der Waals surface area (Å²) in [5.74, 6) is 2.02. The SMILES string of the molecule is COc1cccc(C(NC(=O)c2ccc(-c3nnc(-c4ccc(C)cc4)o3)cc2)c2nccn2C)c1. The first-order valence-electron chi connectivity index (χ1n) is 11.4. The molecular formula is C28H25N5O3. The molecule has 1 atom stereocenters. The van der Waals surface area contributed by atoms with Crippen LogP contribution >= 0.6 is 0 Å². The van der Waals surface area contributed by atoms with Crippen molar-refractivity contribution in [3.63, 3.8) is 0 Å². The Morgan fingerprint density at radius 2 is 1.64 bits per heavy atom. The second-order valence-electron chi connectivity index (χ2n) is 8.44. The number of imidazole rings is 1. The van der Waals surface area contributed by atoms with Gasteiger partial charge in [-0.05, 0) is 61.0 Å². The van der Waals surface area contributed by atoms with Gasteiger partial charge in [0.2, 0.25) is 11.8 Å². The van der Waals surface area contributed by atoms with E-state index in [9.17, 15) is 4.79 Å². The Kier molecular flexibility index (Phi) is 6.32. The van der Waals surface area contributed by atoms with Crippen LogP contribution in [0.2, 0.25) is 0 Å². The molecule has 0 aliphatic carbocycles. The van der Waals surface area contributed by atoms with Crippen molar-refractivity contribution in [1.82, 2.24) is 25.1 Å². The Morgan fingerprint density at radius 1 is 0.972 bits per heavy atom. The number of rotatable bonds is 7. The summed E-state index contributed by atoms with van der Waals surface area (Å²) in [6.45, 7) is 2.02. The van der Waals surface area contributed by atoms with Gasteiger partial charge in [0.05, 0.1) is 7.11 Å². The summed E-state index contributed by atoms with van der Waals surface area (Å²) in [6.07, 6.45) is 3.55. The van der Waals surface area contributed by atoms with Gasteiger partial charge in [-0.25, -0.2) is 4.98 Å². The number of aromatic nitrogens is 4. The van der Waals surface area contributed by atoms with Crippen LogP contribution in [0.5, 0.6) is 5.75 Å². The van der Waals surface area contributed by atoms with Gasteiger partial charge < -0.3 is 19.0 Å². The lowest BCUT2D eigenvalue weighted by Gasteiger charge is -2.20. The molecule has 0 saturated heterocycles. The predicted octanol–water partition coefficient (Wildman–Crippen LogP) is 4.97. The van der Waals surface area contributed by atoms with Crippen LogP contribution in [0.3, 0.4) is 0 Å². The lowest BCUT2D eigenvalue weighted by Crippen LogP contribution is -2.31. The molecule has 0 fully saturated rings. The summed E-state index contributed by atoms with van der Waals surface area (Å²) in [5, 5.41) is 11.4. The summed E-state index contributed by atoms with van der Waals surface area (Å²) in [7, 11) is 3.51. The largest absolute Gasteiger partial charge is 0.497 e. The van der Waals surface area contributed by atoms with E-state index in [1.807, 2.05) is 73.3 Å². The van der Waals surface area contributed by atoms with E-state index >= 15 is 0 Å². The van der Waals surface area contributed by atoms with Crippen LogP contribution in [0.4, 0.5) is 0 Å². The number of carbonyl (C=O) groups is 1. The van der Waals surface area contributed by atoms with Crippen molar-refractivity contribution in [3.8, 4) is 28.7 Å². The number of hydrogen-bond donors (Lipinski definition) is 1. The summed E-state index contributed by atoms with van der Waals surface area (Å²) < 4.78 is 13.1.